The molecule has 2 atom stereocenters. The van der Waals surface area contributed by atoms with Gasteiger partial charge >= 0.3 is 0 Å². The first-order valence-corrected chi connectivity index (χ1v) is 5.31. The topological polar surface area (TPSA) is 41.1 Å². The fraction of sp³-hybridized carbons (Fsp3) is 0.900. The summed E-state index contributed by atoms with van der Waals surface area (Å²) in [5.74, 6) is 1.000. The first kappa shape index (κ1) is 9.00. The second-order valence-corrected chi connectivity index (χ2v) is 4.28. The van der Waals surface area contributed by atoms with Crippen molar-refractivity contribution in [2.24, 2.45) is 5.92 Å². The third-order valence-corrected chi connectivity index (χ3v) is 3.37. The van der Waals surface area contributed by atoms with Crippen LogP contribution in [0, 0.1) is 5.92 Å². The van der Waals surface area contributed by atoms with E-state index in [0.29, 0.717) is 6.04 Å². The molecule has 13 heavy (non-hydrogen) atoms. The van der Waals surface area contributed by atoms with E-state index in [-0.39, 0.29) is 11.9 Å². The Balaban J connectivity index is 1.79. The zero-order valence-corrected chi connectivity index (χ0v) is 8.18. The van der Waals surface area contributed by atoms with Crippen molar-refractivity contribution < 1.29 is 4.79 Å². The summed E-state index contributed by atoms with van der Waals surface area (Å²) in [7, 11) is 0. The predicted octanol–water partition coefficient (Wildman–Crippen LogP) is 0.653. The zero-order valence-electron chi connectivity index (χ0n) is 8.18. The van der Waals surface area contributed by atoms with Gasteiger partial charge in [-0.3, -0.25) is 4.79 Å². The normalized spacial score (nSPS) is 31.2. The summed E-state index contributed by atoms with van der Waals surface area (Å²) >= 11 is 0. The standard InChI is InChI=1S/C10H18N2O/c1-7(8-3-2-4-8)12-9-5-6-11-10(9)13/h7-9,12H,2-6H2,1H3,(H,11,13)/t7-,9?/m0/s1. The van der Waals surface area contributed by atoms with Gasteiger partial charge in [0.15, 0.2) is 0 Å². The van der Waals surface area contributed by atoms with E-state index in [4.69, 9.17) is 0 Å². The van der Waals surface area contributed by atoms with Gasteiger partial charge in [-0.15, -0.1) is 0 Å². The van der Waals surface area contributed by atoms with Crippen LogP contribution >= 0.6 is 0 Å². The van der Waals surface area contributed by atoms with E-state index in [1.807, 2.05) is 0 Å². The molecule has 0 spiro atoms. The van der Waals surface area contributed by atoms with Gasteiger partial charge in [0.25, 0.3) is 0 Å². The lowest BCUT2D eigenvalue weighted by atomic mass is 9.80. The Labute approximate surface area is 79.3 Å². The van der Waals surface area contributed by atoms with Gasteiger partial charge in [-0.25, -0.2) is 0 Å². The average Bonchev–Trinajstić information content (AvgIpc) is 2.32. The van der Waals surface area contributed by atoms with Crippen LogP contribution in [-0.2, 0) is 4.79 Å². The van der Waals surface area contributed by atoms with Gasteiger partial charge in [0.2, 0.25) is 5.91 Å². The van der Waals surface area contributed by atoms with E-state index in [0.717, 1.165) is 18.9 Å². The van der Waals surface area contributed by atoms with Crippen LogP contribution in [0.3, 0.4) is 0 Å². The molecule has 0 bridgehead atoms. The molecule has 0 aromatic carbocycles. The second-order valence-electron chi connectivity index (χ2n) is 4.28. The molecule has 1 unspecified atom stereocenters. The number of carbonyl (C=O) groups excluding carboxylic acids is 1. The van der Waals surface area contributed by atoms with E-state index >= 15 is 0 Å². The van der Waals surface area contributed by atoms with E-state index in [2.05, 4.69) is 17.6 Å². The third kappa shape index (κ3) is 1.85. The predicted molar refractivity (Wildman–Crippen MR) is 51.4 cm³/mol. The second kappa shape index (κ2) is 3.66. The summed E-state index contributed by atoms with van der Waals surface area (Å²) in [5.41, 5.74) is 0. The molecule has 2 aliphatic rings. The van der Waals surface area contributed by atoms with Gasteiger partial charge in [0.1, 0.15) is 0 Å². The SMILES string of the molecule is C[C@H](NC1CCNC1=O)C1CCC1. The van der Waals surface area contributed by atoms with Crippen molar-refractivity contribution in [3.8, 4) is 0 Å². The monoisotopic (exact) mass is 182 g/mol. The van der Waals surface area contributed by atoms with Gasteiger partial charge in [0, 0.05) is 12.6 Å². The van der Waals surface area contributed by atoms with Crippen LogP contribution in [-0.4, -0.2) is 24.5 Å². The number of hydrogen-bond donors (Lipinski definition) is 2. The Morgan fingerprint density at radius 1 is 1.46 bits per heavy atom. The van der Waals surface area contributed by atoms with E-state index < -0.39 is 0 Å². The lowest BCUT2D eigenvalue weighted by molar-refractivity contribution is -0.121. The van der Waals surface area contributed by atoms with Crippen LogP contribution in [0.5, 0.6) is 0 Å². The Morgan fingerprint density at radius 2 is 2.23 bits per heavy atom. The van der Waals surface area contributed by atoms with Crippen molar-refractivity contribution in [2.45, 2.75) is 44.7 Å². The molecule has 1 aliphatic heterocycles. The molecule has 3 nitrogen and oxygen atoms in total. The number of hydrogen-bond acceptors (Lipinski definition) is 2. The van der Waals surface area contributed by atoms with Crippen molar-refractivity contribution in [2.75, 3.05) is 6.54 Å². The molecular weight excluding hydrogens is 164 g/mol. The summed E-state index contributed by atoms with van der Waals surface area (Å²) in [4.78, 5) is 11.3. The Morgan fingerprint density at radius 3 is 2.69 bits per heavy atom. The number of nitrogens with one attached hydrogen (secondary N) is 2. The van der Waals surface area contributed by atoms with E-state index in [9.17, 15) is 4.79 Å². The minimum absolute atomic E-state index is 0.0793. The van der Waals surface area contributed by atoms with Crippen molar-refractivity contribution in [3.63, 3.8) is 0 Å². The number of carbonyl (C=O) groups is 1. The van der Waals surface area contributed by atoms with Gasteiger partial charge in [0.05, 0.1) is 6.04 Å². The molecule has 1 saturated carbocycles. The van der Waals surface area contributed by atoms with Gasteiger partial charge in [-0.2, -0.15) is 0 Å². The van der Waals surface area contributed by atoms with Crippen LogP contribution in [0.1, 0.15) is 32.6 Å². The minimum Gasteiger partial charge on any atom is -0.355 e. The quantitative estimate of drug-likeness (QED) is 0.673. The third-order valence-electron chi connectivity index (χ3n) is 3.37. The smallest absolute Gasteiger partial charge is 0.237 e. The largest absolute Gasteiger partial charge is 0.355 e. The molecule has 2 fully saturated rings. The minimum atomic E-state index is 0.0793. The van der Waals surface area contributed by atoms with Gasteiger partial charge in [-0.1, -0.05) is 6.42 Å². The van der Waals surface area contributed by atoms with Crippen molar-refractivity contribution in [1.29, 1.82) is 0 Å². The Bertz CT molecular complexity index is 201. The number of amides is 1. The van der Waals surface area contributed by atoms with Crippen molar-refractivity contribution in [1.82, 2.24) is 10.6 Å². The molecular formula is C10H18N2O. The maximum Gasteiger partial charge on any atom is 0.237 e. The highest BCUT2D eigenvalue weighted by atomic mass is 16.2. The molecule has 1 amide bonds. The van der Waals surface area contributed by atoms with Crippen LogP contribution in [0.2, 0.25) is 0 Å². The Kier molecular flexibility index (Phi) is 2.54. The highest BCUT2D eigenvalue weighted by Crippen LogP contribution is 2.29. The van der Waals surface area contributed by atoms with E-state index in [1.54, 1.807) is 0 Å². The summed E-state index contributed by atoms with van der Waals surface area (Å²) in [6.07, 6.45) is 4.99. The molecule has 0 radical (unpaired) electrons. The average molecular weight is 182 g/mol. The summed E-state index contributed by atoms with van der Waals surface area (Å²) in [6.45, 7) is 3.04. The maximum atomic E-state index is 11.3. The van der Waals surface area contributed by atoms with Gasteiger partial charge < -0.3 is 10.6 Å². The molecule has 3 heteroatoms. The van der Waals surface area contributed by atoms with Crippen LogP contribution in [0.25, 0.3) is 0 Å². The van der Waals surface area contributed by atoms with Gasteiger partial charge in [-0.05, 0) is 32.1 Å². The molecule has 1 saturated heterocycles. The van der Waals surface area contributed by atoms with Crippen molar-refractivity contribution >= 4 is 5.91 Å². The fourth-order valence-corrected chi connectivity index (χ4v) is 2.15. The zero-order chi connectivity index (χ0) is 9.26. The first-order chi connectivity index (χ1) is 6.27. The summed E-state index contributed by atoms with van der Waals surface area (Å²) in [6, 6.07) is 0.596. The molecule has 1 aliphatic carbocycles. The van der Waals surface area contributed by atoms with Crippen LogP contribution < -0.4 is 10.6 Å². The lowest BCUT2D eigenvalue weighted by Crippen LogP contribution is -2.46. The molecule has 74 valence electrons. The fourth-order valence-electron chi connectivity index (χ4n) is 2.15. The number of rotatable bonds is 3. The van der Waals surface area contributed by atoms with E-state index in [1.165, 1.54) is 19.3 Å². The Hall–Kier alpha value is -0.570. The van der Waals surface area contributed by atoms with Crippen LogP contribution in [0.15, 0.2) is 0 Å². The van der Waals surface area contributed by atoms with Crippen molar-refractivity contribution in [3.05, 3.63) is 0 Å². The molecule has 2 N–H and O–H groups in total. The first-order valence-electron chi connectivity index (χ1n) is 5.31. The lowest BCUT2D eigenvalue weighted by Gasteiger charge is -2.33. The molecule has 0 aromatic rings. The maximum absolute atomic E-state index is 11.3. The summed E-state index contributed by atoms with van der Waals surface area (Å²) in [5, 5.41) is 6.27. The molecule has 2 rings (SSSR count). The van der Waals surface area contributed by atoms with Crippen LogP contribution in [0.4, 0.5) is 0 Å². The molecule has 0 aromatic heterocycles. The summed E-state index contributed by atoms with van der Waals surface area (Å²) < 4.78 is 0. The molecule has 1 heterocycles. The highest BCUT2D eigenvalue weighted by Gasteiger charge is 2.30. The highest BCUT2D eigenvalue weighted by molar-refractivity contribution is 5.83.